The van der Waals surface area contributed by atoms with Crippen LogP contribution in [0.4, 0.5) is 0 Å². The molecule has 1 N–H and O–H groups in total. The maximum atomic E-state index is 8.92. The predicted octanol–water partition coefficient (Wildman–Crippen LogP) is 0.829. The number of hydrogen-bond donors (Lipinski definition) is 1. The van der Waals surface area contributed by atoms with Gasteiger partial charge in [-0.25, -0.2) is 0 Å². The number of aliphatic hydroxyl groups excluding tert-OH is 1. The summed E-state index contributed by atoms with van der Waals surface area (Å²) in [6.07, 6.45) is 9.20. The monoisotopic (exact) mass is 208 g/mol. The SMILES string of the molecule is CN1CCCC1C1=CN(CCO)CC=C1. The van der Waals surface area contributed by atoms with E-state index in [1.54, 1.807) is 0 Å². The molecule has 0 aromatic rings. The Labute approximate surface area is 91.7 Å². The molecule has 2 rings (SSSR count). The summed E-state index contributed by atoms with van der Waals surface area (Å²) in [4.78, 5) is 4.60. The number of rotatable bonds is 3. The quantitative estimate of drug-likeness (QED) is 0.744. The largest absolute Gasteiger partial charge is 0.395 e. The highest BCUT2D eigenvalue weighted by Crippen LogP contribution is 2.24. The van der Waals surface area contributed by atoms with Crippen LogP contribution in [-0.4, -0.2) is 54.2 Å². The van der Waals surface area contributed by atoms with Gasteiger partial charge in [-0.1, -0.05) is 12.2 Å². The van der Waals surface area contributed by atoms with Crippen LogP contribution in [0.1, 0.15) is 12.8 Å². The zero-order chi connectivity index (χ0) is 10.7. The smallest absolute Gasteiger partial charge is 0.0606 e. The standard InChI is InChI=1S/C12H20N2O/c1-13-6-3-5-12(13)11-4-2-7-14(10-11)8-9-15/h2,4,10,12,15H,3,5-9H2,1H3. The number of likely N-dealkylation sites (N-methyl/N-ethyl adjacent to an activating group) is 1. The fraction of sp³-hybridized carbons (Fsp3) is 0.667. The fourth-order valence-electron chi connectivity index (χ4n) is 2.44. The minimum atomic E-state index is 0.234. The van der Waals surface area contributed by atoms with Gasteiger partial charge in [-0.2, -0.15) is 0 Å². The van der Waals surface area contributed by atoms with Gasteiger partial charge in [0.05, 0.1) is 6.61 Å². The number of likely N-dealkylation sites (tertiary alicyclic amines) is 1. The second kappa shape index (κ2) is 4.81. The van der Waals surface area contributed by atoms with Gasteiger partial charge < -0.3 is 10.0 Å². The molecule has 0 spiro atoms. The molecule has 0 aliphatic carbocycles. The minimum absolute atomic E-state index is 0.234. The Bertz CT molecular complexity index is 273. The maximum Gasteiger partial charge on any atom is 0.0606 e. The molecule has 0 aromatic carbocycles. The lowest BCUT2D eigenvalue weighted by Gasteiger charge is -2.27. The predicted molar refractivity (Wildman–Crippen MR) is 61.5 cm³/mol. The van der Waals surface area contributed by atoms with E-state index >= 15 is 0 Å². The molecule has 3 nitrogen and oxygen atoms in total. The average molecular weight is 208 g/mol. The first-order chi connectivity index (χ1) is 7.31. The van der Waals surface area contributed by atoms with E-state index in [-0.39, 0.29) is 6.61 Å². The first-order valence-corrected chi connectivity index (χ1v) is 5.74. The molecule has 0 amide bonds. The van der Waals surface area contributed by atoms with Gasteiger partial charge >= 0.3 is 0 Å². The van der Waals surface area contributed by atoms with Crippen LogP contribution < -0.4 is 0 Å². The topological polar surface area (TPSA) is 26.7 Å². The Morgan fingerprint density at radius 1 is 1.53 bits per heavy atom. The molecular weight excluding hydrogens is 188 g/mol. The molecule has 1 saturated heterocycles. The molecule has 1 unspecified atom stereocenters. The van der Waals surface area contributed by atoms with Crippen LogP contribution in [0.2, 0.25) is 0 Å². The second-order valence-electron chi connectivity index (χ2n) is 4.39. The molecule has 1 atom stereocenters. The lowest BCUT2D eigenvalue weighted by molar-refractivity contribution is 0.242. The van der Waals surface area contributed by atoms with E-state index in [0.29, 0.717) is 6.04 Å². The summed E-state index contributed by atoms with van der Waals surface area (Å²) >= 11 is 0. The zero-order valence-corrected chi connectivity index (χ0v) is 9.39. The Hall–Kier alpha value is -0.800. The summed E-state index contributed by atoms with van der Waals surface area (Å²) in [6, 6.07) is 0.586. The van der Waals surface area contributed by atoms with Crippen molar-refractivity contribution in [3.63, 3.8) is 0 Å². The lowest BCUT2D eigenvalue weighted by Crippen LogP contribution is -2.31. The highest BCUT2D eigenvalue weighted by atomic mass is 16.3. The summed E-state index contributed by atoms with van der Waals surface area (Å²) in [6.45, 7) is 3.11. The van der Waals surface area contributed by atoms with E-state index in [9.17, 15) is 0 Å². The summed E-state index contributed by atoms with van der Waals surface area (Å²) in [5.74, 6) is 0. The third-order valence-corrected chi connectivity index (χ3v) is 3.27. The Morgan fingerprint density at radius 2 is 2.40 bits per heavy atom. The number of β-amino-alcohol motifs (C(OH)–C–C–N with tert-alkyl or cyclic N) is 1. The van der Waals surface area contributed by atoms with E-state index in [2.05, 4.69) is 35.2 Å². The number of nitrogens with zero attached hydrogens (tertiary/aromatic N) is 2. The van der Waals surface area contributed by atoms with Gasteiger partial charge in [0.25, 0.3) is 0 Å². The maximum absolute atomic E-state index is 8.92. The number of hydrogen-bond acceptors (Lipinski definition) is 3. The average Bonchev–Trinajstić information content (AvgIpc) is 2.65. The van der Waals surface area contributed by atoms with Crippen LogP contribution in [0.3, 0.4) is 0 Å². The van der Waals surface area contributed by atoms with Gasteiger partial charge in [0.15, 0.2) is 0 Å². The van der Waals surface area contributed by atoms with Gasteiger partial charge in [-0.3, -0.25) is 4.90 Å². The summed E-state index contributed by atoms with van der Waals surface area (Å²) in [7, 11) is 2.19. The molecule has 0 bridgehead atoms. The number of aliphatic hydroxyl groups is 1. The fourth-order valence-corrected chi connectivity index (χ4v) is 2.44. The van der Waals surface area contributed by atoms with E-state index in [1.165, 1.54) is 25.0 Å². The normalized spacial score (nSPS) is 27.2. The van der Waals surface area contributed by atoms with Crippen LogP contribution in [0.15, 0.2) is 23.9 Å². The summed E-state index contributed by atoms with van der Waals surface area (Å²) in [5, 5.41) is 8.92. The Balaban J connectivity index is 2.04. The second-order valence-corrected chi connectivity index (χ2v) is 4.39. The molecule has 2 aliphatic heterocycles. The molecule has 0 radical (unpaired) electrons. The molecule has 0 saturated carbocycles. The van der Waals surface area contributed by atoms with Crippen LogP contribution in [0, 0.1) is 0 Å². The van der Waals surface area contributed by atoms with E-state index < -0.39 is 0 Å². The van der Waals surface area contributed by atoms with E-state index in [1.807, 2.05) is 0 Å². The molecule has 0 aromatic heterocycles. The van der Waals surface area contributed by atoms with Crippen molar-refractivity contribution in [2.45, 2.75) is 18.9 Å². The summed E-state index contributed by atoms with van der Waals surface area (Å²) in [5.41, 5.74) is 1.40. The summed E-state index contributed by atoms with van der Waals surface area (Å²) < 4.78 is 0. The van der Waals surface area contributed by atoms with Gasteiger partial charge in [0, 0.05) is 25.3 Å². The van der Waals surface area contributed by atoms with Gasteiger partial charge in [-0.05, 0) is 32.0 Å². The van der Waals surface area contributed by atoms with Crippen molar-refractivity contribution in [3.8, 4) is 0 Å². The van der Waals surface area contributed by atoms with Crippen LogP contribution in [0.5, 0.6) is 0 Å². The van der Waals surface area contributed by atoms with Gasteiger partial charge in [0.1, 0.15) is 0 Å². The van der Waals surface area contributed by atoms with Crippen molar-refractivity contribution in [1.82, 2.24) is 9.80 Å². The third-order valence-electron chi connectivity index (χ3n) is 3.27. The molecule has 2 aliphatic rings. The highest BCUT2D eigenvalue weighted by molar-refractivity contribution is 5.28. The van der Waals surface area contributed by atoms with Crippen molar-refractivity contribution < 1.29 is 5.11 Å². The molecule has 15 heavy (non-hydrogen) atoms. The highest BCUT2D eigenvalue weighted by Gasteiger charge is 2.24. The third kappa shape index (κ3) is 2.41. The molecule has 84 valence electrons. The van der Waals surface area contributed by atoms with Crippen molar-refractivity contribution in [1.29, 1.82) is 0 Å². The van der Waals surface area contributed by atoms with Crippen molar-refractivity contribution in [2.24, 2.45) is 0 Å². The lowest BCUT2D eigenvalue weighted by atomic mass is 10.0. The van der Waals surface area contributed by atoms with E-state index in [4.69, 9.17) is 5.11 Å². The molecule has 2 heterocycles. The van der Waals surface area contributed by atoms with Crippen LogP contribution in [0.25, 0.3) is 0 Å². The van der Waals surface area contributed by atoms with Gasteiger partial charge in [-0.15, -0.1) is 0 Å². The first-order valence-electron chi connectivity index (χ1n) is 5.74. The molecule has 3 heteroatoms. The Morgan fingerprint density at radius 3 is 3.07 bits per heavy atom. The van der Waals surface area contributed by atoms with Crippen molar-refractivity contribution in [2.75, 3.05) is 33.3 Å². The Kier molecular flexibility index (Phi) is 3.44. The van der Waals surface area contributed by atoms with Crippen molar-refractivity contribution >= 4 is 0 Å². The minimum Gasteiger partial charge on any atom is -0.395 e. The van der Waals surface area contributed by atoms with Crippen LogP contribution in [-0.2, 0) is 0 Å². The van der Waals surface area contributed by atoms with Crippen molar-refractivity contribution in [3.05, 3.63) is 23.9 Å². The van der Waals surface area contributed by atoms with E-state index in [0.717, 1.165) is 13.1 Å². The molecular formula is C12H20N2O. The van der Waals surface area contributed by atoms with Gasteiger partial charge in [0.2, 0.25) is 0 Å². The van der Waals surface area contributed by atoms with Crippen LogP contribution >= 0.6 is 0 Å². The molecule has 1 fully saturated rings. The zero-order valence-electron chi connectivity index (χ0n) is 9.39. The first kappa shape index (κ1) is 10.7.